The van der Waals surface area contributed by atoms with Crippen LogP contribution in [0.5, 0.6) is 0 Å². The zero-order chi connectivity index (χ0) is 12.4. The first-order chi connectivity index (χ1) is 8.10. The fourth-order valence-corrected chi connectivity index (χ4v) is 1.68. The van der Waals surface area contributed by atoms with Crippen molar-refractivity contribution in [1.82, 2.24) is 9.88 Å². The molecule has 2 rings (SSSR count). The number of hydrogen-bond acceptors (Lipinski definition) is 4. The van der Waals surface area contributed by atoms with E-state index in [0.717, 1.165) is 16.7 Å². The van der Waals surface area contributed by atoms with Crippen molar-refractivity contribution in [2.75, 3.05) is 14.2 Å². The second-order valence-electron chi connectivity index (χ2n) is 3.86. The minimum atomic E-state index is -0.360. The van der Waals surface area contributed by atoms with Crippen LogP contribution in [0, 0.1) is 6.92 Å². The van der Waals surface area contributed by atoms with E-state index in [2.05, 4.69) is 9.72 Å². The van der Waals surface area contributed by atoms with Gasteiger partial charge in [0.25, 0.3) is 0 Å². The van der Waals surface area contributed by atoms with Gasteiger partial charge in [0, 0.05) is 20.5 Å². The van der Waals surface area contributed by atoms with Gasteiger partial charge in [0.1, 0.15) is 5.52 Å². The summed E-state index contributed by atoms with van der Waals surface area (Å²) in [5, 5.41) is 0. The number of rotatable bonds is 2. The lowest BCUT2D eigenvalue weighted by Crippen LogP contribution is -2.25. The largest absolute Gasteiger partial charge is 0.453 e. The van der Waals surface area contributed by atoms with E-state index in [0.29, 0.717) is 12.4 Å². The van der Waals surface area contributed by atoms with E-state index in [1.54, 1.807) is 14.0 Å². The number of carbonyl (C=O) groups excluding carboxylic acids is 1. The smallest absolute Gasteiger partial charge is 0.409 e. The third-order valence-electron chi connectivity index (χ3n) is 2.46. The molecule has 2 aromatic rings. The van der Waals surface area contributed by atoms with Gasteiger partial charge in [0.05, 0.1) is 7.11 Å². The van der Waals surface area contributed by atoms with E-state index in [1.807, 2.05) is 18.2 Å². The van der Waals surface area contributed by atoms with Crippen molar-refractivity contribution in [2.24, 2.45) is 0 Å². The zero-order valence-electron chi connectivity index (χ0n) is 10.1. The predicted octanol–water partition coefficient (Wildman–Crippen LogP) is 2.33. The first-order valence-electron chi connectivity index (χ1n) is 5.25. The molecule has 1 aromatic carbocycles. The summed E-state index contributed by atoms with van der Waals surface area (Å²) < 4.78 is 10.0. The molecule has 0 atom stereocenters. The Bertz CT molecular complexity index is 548. The summed E-state index contributed by atoms with van der Waals surface area (Å²) in [6, 6.07) is 5.67. The fourth-order valence-electron chi connectivity index (χ4n) is 1.68. The average Bonchev–Trinajstić information content (AvgIpc) is 2.67. The highest BCUT2D eigenvalue weighted by Gasteiger charge is 2.10. The SMILES string of the molecule is COC(=O)N(C)Cc1ccc2oc(C)nc2c1. The molecule has 17 heavy (non-hydrogen) atoms. The van der Waals surface area contributed by atoms with Gasteiger partial charge in [0.2, 0.25) is 0 Å². The maximum atomic E-state index is 11.3. The van der Waals surface area contributed by atoms with Crippen LogP contribution >= 0.6 is 0 Å². The van der Waals surface area contributed by atoms with Crippen molar-refractivity contribution >= 4 is 17.2 Å². The van der Waals surface area contributed by atoms with Crippen molar-refractivity contribution in [3.8, 4) is 0 Å². The number of benzene rings is 1. The van der Waals surface area contributed by atoms with Crippen LogP contribution in [0.15, 0.2) is 22.6 Å². The number of fused-ring (bicyclic) bond motifs is 1. The lowest BCUT2D eigenvalue weighted by Gasteiger charge is -2.14. The number of oxazole rings is 1. The van der Waals surface area contributed by atoms with Crippen molar-refractivity contribution in [3.05, 3.63) is 29.7 Å². The second kappa shape index (κ2) is 4.45. The van der Waals surface area contributed by atoms with E-state index in [-0.39, 0.29) is 6.09 Å². The standard InChI is InChI=1S/C12H14N2O3/c1-8-13-10-6-9(4-5-11(10)17-8)7-14(2)12(15)16-3/h4-6H,7H2,1-3H3. The number of ether oxygens (including phenoxy) is 1. The molecule has 0 aliphatic rings. The monoisotopic (exact) mass is 234 g/mol. The second-order valence-corrected chi connectivity index (χ2v) is 3.86. The Morgan fingerprint density at radius 2 is 2.29 bits per heavy atom. The summed E-state index contributed by atoms with van der Waals surface area (Å²) in [5.74, 6) is 0.637. The molecule has 1 aromatic heterocycles. The summed E-state index contributed by atoms with van der Waals surface area (Å²) in [6.45, 7) is 2.29. The topological polar surface area (TPSA) is 55.6 Å². The summed E-state index contributed by atoms with van der Waals surface area (Å²) in [7, 11) is 3.05. The van der Waals surface area contributed by atoms with Gasteiger partial charge in [-0.2, -0.15) is 0 Å². The number of aromatic nitrogens is 1. The Labute approximate surface area is 99.0 Å². The lowest BCUT2D eigenvalue weighted by atomic mass is 10.2. The average molecular weight is 234 g/mol. The molecule has 5 nitrogen and oxygen atoms in total. The molecule has 0 bridgehead atoms. The Kier molecular flexibility index (Phi) is 2.99. The lowest BCUT2D eigenvalue weighted by molar-refractivity contribution is 0.131. The van der Waals surface area contributed by atoms with E-state index < -0.39 is 0 Å². The summed E-state index contributed by atoms with van der Waals surface area (Å²) in [5.41, 5.74) is 2.55. The van der Waals surface area contributed by atoms with Crippen LogP contribution < -0.4 is 0 Å². The van der Waals surface area contributed by atoms with Crippen molar-refractivity contribution in [3.63, 3.8) is 0 Å². The minimum Gasteiger partial charge on any atom is -0.453 e. The molecule has 1 heterocycles. The summed E-state index contributed by atoms with van der Waals surface area (Å²) >= 11 is 0. The Morgan fingerprint density at radius 3 is 3.00 bits per heavy atom. The Hall–Kier alpha value is -2.04. The van der Waals surface area contributed by atoms with Crippen LogP contribution in [0.25, 0.3) is 11.1 Å². The number of aryl methyl sites for hydroxylation is 1. The number of hydrogen-bond donors (Lipinski definition) is 0. The highest BCUT2D eigenvalue weighted by molar-refractivity contribution is 5.73. The van der Waals surface area contributed by atoms with Crippen LogP contribution in [0.4, 0.5) is 4.79 Å². The third-order valence-corrected chi connectivity index (χ3v) is 2.46. The van der Waals surface area contributed by atoms with Gasteiger partial charge < -0.3 is 14.1 Å². The molecule has 0 aliphatic heterocycles. The van der Waals surface area contributed by atoms with Crippen molar-refractivity contribution in [2.45, 2.75) is 13.5 Å². The van der Waals surface area contributed by atoms with Crippen LogP contribution in [-0.4, -0.2) is 30.1 Å². The van der Waals surface area contributed by atoms with Gasteiger partial charge in [-0.1, -0.05) is 6.07 Å². The molecular formula is C12H14N2O3. The molecule has 0 saturated heterocycles. The number of amides is 1. The van der Waals surface area contributed by atoms with Crippen molar-refractivity contribution < 1.29 is 13.9 Å². The van der Waals surface area contributed by atoms with Gasteiger partial charge in [-0.05, 0) is 17.7 Å². The van der Waals surface area contributed by atoms with E-state index >= 15 is 0 Å². The molecule has 0 spiro atoms. The molecule has 0 saturated carbocycles. The normalized spacial score (nSPS) is 10.5. The molecular weight excluding hydrogens is 220 g/mol. The molecule has 0 unspecified atom stereocenters. The number of nitrogens with zero attached hydrogens (tertiary/aromatic N) is 2. The fraction of sp³-hybridized carbons (Fsp3) is 0.333. The molecule has 0 aliphatic carbocycles. The first kappa shape index (κ1) is 11.4. The maximum absolute atomic E-state index is 11.3. The molecule has 0 radical (unpaired) electrons. The molecule has 1 amide bonds. The molecule has 0 fully saturated rings. The van der Waals surface area contributed by atoms with E-state index in [4.69, 9.17) is 4.42 Å². The van der Waals surface area contributed by atoms with Gasteiger partial charge in [0.15, 0.2) is 11.5 Å². The number of methoxy groups -OCH3 is 1. The van der Waals surface area contributed by atoms with Crippen LogP contribution in [0.3, 0.4) is 0 Å². The number of carbonyl (C=O) groups is 1. The van der Waals surface area contributed by atoms with Crippen molar-refractivity contribution in [1.29, 1.82) is 0 Å². The zero-order valence-corrected chi connectivity index (χ0v) is 10.1. The third kappa shape index (κ3) is 2.38. The molecule has 0 N–H and O–H groups in total. The van der Waals surface area contributed by atoms with Gasteiger partial charge in [-0.15, -0.1) is 0 Å². The summed E-state index contributed by atoms with van der Waals surface area (Å²) in [4.78, 5) is 17.0. The van der Waals surface area contributed by atoms with Crippen LogP contribution in [0.2, 0.25) is 0 Å². The highest BCUT2D eigenvalue weighted by atomic mass is 16.5. The molecule has 90 valence electrons. The van der Waals surface area contributed by atoms with E-state index in [1.165, 1.54) is 12.0 Å². The van der Waals surface area contributed by atoms with Gasteiger partial charge in [-0.3, -0.25) is 0 Å². The van der Waals surface area contributed by atoms with Gasteiger partial charge in [-0.25, -0.2) is 9.78 Å². The van der Waals surface area contributed by atoms with Gasteiger partial charge >= 0.3 is 6.09 Å². The Balaban J connectivity index is 2.21. The predicted molar refractivity (Wildman–Crippen MR) is 62.6 cm³/mol. The summed E-state index contributed by atoms with van der Waals surface area (Å²) in [6.07, 6.45) is -0.360. The molecule has 5 heteroatoms. The maximum Gasteiger partial charge on any atom is 0.409 e. The highest BCUT2D eigenvalue weighted by Crippen LogP contribution is 2.17. The van der Waals surface area contributed by atoms with E-state index in [9.17, 15) is 4.79 Å². The quantitative estimate of drug-likeness (QED) is 0.800. The Morgan fingerprint density at radius 1 is 1.53 bits per heavy atom. The first-order valence-corrected chi connectivity index (χ1v) is 5.25. The minimum absolute atomic E-state index is 0.360. The van der Waals surface area contributed by atoms with Crippen LogP contribution in [0.1, 0.15) is 11.5 Å². The van der Waals surface area contributed by atoms with Crippen LogP contribution in [-0.2, 0) is 11.3 Å².